The standard InChI is InChI=1S/C41H47N5O5/c1-4-31(5-2)43-41(49)44-32-12-17-36(18-13-32)51-39-19-14-33(24-29(39)27-50-3)42-40(48)28-10-15-34(16-11-28)46-26-30(37-8-6-7-9-38(37)46)25-45-22-20-35(47)21-23-45/h6-19,24,26,31,35,47H,4-5,20-23,25,27H2,1-3H3,(H,42,48)(H2,43,44,49). The highest BCUT2D eigenvalue weighted by Gasteiger charge is 2.19. The van der Waals surface area contributed by atoms with Gasteiger partial charge in [0.15, 0.2) is 0 Å². The number of amides is 3. The third kappa shape index (κ3) is 8.96. The third-order valence-electron chi connectivity index (χ3n) is 9.43. The van der Waals surface area contributed by atoms with Crippen LogP contribution in [0.2, 0.25) is 0 Å². The maximum Gasteiger partial charge on any atom is 0.319 e. The van der Waals surface area contributed by atoms with Crippen molar-refractivity contribution >= 4 is 34.2 Å². The second kappa shape index (κ2) is 16.7. The fourth-order valence-electron chi connectivity index (χ4n) is 6.49. The van der Waals surface area contributed by atoms with Crippen LogP contribution < -0.4 is 20.7 Å². The van der Waals surface area contributed by atoms with Crippen LogP contribution in [-0.4, -0.2) is 58.9 Å². The molecule has 1 aliphatic heterocycles. The Labute approximate surface area is 299 Å². The number of carbonyl (C=O) groups is 2. The monoisotopic (exact) mass is 689 g/mol. The van der Waals surface area contributed by atoms with Gasteiger partial charge in [-0.1, -0.05) is 32.0 Å². The molecule has 1 aliphatic rings. The Kier molecular flexibility index (Phi) is 11.7. The van der Waals surface area contributed by atoms with E-state index in [0.29, 0.717) is 28.4 Å². The highest BCUT2D eigenvalue weighted by molar-refractivity contribution is 6.04. The zero-order valence-corrected chi connectivity index (χ0v) is 29.5. The minimum Gasteiger partial charge on any atom is -0.457 e. The van der Waals surface area contributed by atoms with Gasteiger partial charge in [-0.2, -0.15) is 0 Å². The first-order valence-electron chi connectivity index (χ1n) is 17.7. The van der Waals surface area contributed by atoms with Crippen molar-refractivity contribution in [1.82, 2.24) is 14.8 Å². The molecule has 5 aromatic rings. The molecule has 4 N–H and O–H groups in total. The Morgan fingerprint density at radius 3 is 2.27 bits per heavy atom. The Balaban J connectivity index is 1.10. The van der Waals surface area contributed by atoms with Crippen molar-refractivity contribution in [2.45, 2.75) is 64.8 Å². The molecule has 266 valence electrons. The van der Waals surface area contributed by atoms with E-state index in [2.05, 4.69) is 49.8 Å². The fourth-order valence-corrected chi connectivity index (χ4v) is 6.49. The molecule has 0 spiro atoms. The molecule has 1 saturated heterocycles. The maximum absolute atomic E-state index is 13.3. The second-order valence-corrected chi connectivity index (χ2v) is 13.0. The van der Waals surface area contributed by atoms with E-state index in [0.717, 1.165) is 62.1 Å². The van der Waals surface area contributed by atoms with Crippen LogP contribution in [-0.2, 0) is 17.9 Å². The average Bonchev–Trinajstić information content (AvgIpc) is 3.51. The van der Waals surface area contributed by atoms with Crippen LogP contribution >= 0.6 is 0 Å². The summed E-state index contributed by atoms with van der Waals surface area (Å²) in [7, 11) is 1.61. The number of aromatic nitrogens is 1. The number of benzene rings is 4. The van der Waals surface area contributed by atoms with Crippen molar-refractivity contribution in [1.29, 1.82) is 0 Å². The molecular formula is C41H47N5O5. The first kappa shape index (κ1) is 35.7. The summed E-state index contributed by atoms with van der Waals surface area (Å²) in [5.74, 6) is 0.979. The summed E-state index contributed by atoms with van der Waals surface area (Å²) in [5, 5.41) is 20.0. The van der Waals surface area contributed by atoms with E-state index in [-0.39, 0.29) is 30.7 Å². The first-order valence-corrected chi connectivity index (χ1v) is 17.7. The van der Waals surface area contributed by atoms with Gasteiger partial charge in [0.1, 0.15) is 11.5 Å². The number of nitrogens with one attached hydrogen (secondary N) is 3. The summed E-state index contributed by atoms with van der Waals surface area (Å²) < 4.78 is 13.8. The number of hydrogen-bond donors (Lipinski definition) is 4. The van der Waals surface area contributed by atoms with Gasteiger partial charge in [0, 0.05) is 72.6 Å². The molecule has 3 amide bonds. The van der Waals surface area contributed by atoms with Gasteiger partial charge in [0.25, 0.3) is 5.91 Å². The number of anilines is 2. The predicted octanol–water partition coefficient (Wildman–Crippen LogP) is 8.09. The van der Waals surface area contributed by atoms with Gasteiger partial charge in [0.2, 0.25) is 0 Å². The van der Waals surface area contributed by atoms with Crippen LogP contribution in [0.25, 0.3) is 16.6 Å². The van der Waals surface area contributed by atoms with Gasteiger partial charge in [-0.3, -0.25) is 9.69 Å². The molecule has 51 heavy (non-hydrogen) atoms. The number of aliphatic hydroxyl groups excluding tert-OH is 1. The van der Waals surface area contributed by atoms with Gasteiger partial charge in [-0.15, -0.1) is 0 Å². The number of hydrogen-bond acceptors (Lipinski definition) is 6. The number of methoxy groups -OCH3 is 1. The molecule has 10 heteroatoms. The summed E-state index contributed by atoms with van der Waals surface area (Å²) in [4.78, 5) is 28.0. The quantitative estimate of drug-likeness (QED) is 0.0993. The van der Waals surface area contributed by atoms with Crippen LogP contribution in [0.1, 0.15) is 61.0 Å². The highest BCUT2D eigenvalue weighted by atomic mass is 16.5. The van der Waals surface area contributed by atoms with Gasteiger partial charge in [-0.25, -0.2) is 4.79 Å². The minimum atomic E-state index is -0.233. The number of likely N-dealkylation sites (tertiary alicyclic amines) is 1. The molecule has 0 bridgehead atoms. The Bertz CT molecular complexity index is 1930. The molecule has 10 nitrogen and oxygen atoms in total. The molecule has 2 heterocycles. The van der Waals surface area contributed by atoms with Crippen molar-refractivity contribution in [2.75, 3.05) is 30.8 Å². The van der Waals surface area contributed by atoms with E-state index in [4.69, 9.17) is 9.47 Å². The summed E-state index contributed by atoms with van der Waals surface area (Å²) in [6.45, 7) is 6.99. The molecule has 0 atom stereocenters. The van der Waals surface area contributed by atoms with Gasteiger partial charge < -0.3 is 35.1 Å². The average molecular weight is 690 g/mol. The van der Waals surface area contributed by atoms with Crippen LogP contribution in [0, 0.1) is 0 Å². The van der Waals surface area contributed by atoms with E-state index < -0.39 is 0 Å². The smallest absolute Gasteiger partial charge is 0.319 e. The molecule has 4 aromatic carbocycles. The lowest BCUT2D eigenvalue weighted by atomic mass is 10.1. The summed E-state index contributed by atoms with van der Waals surface area (Å²) in [6, 6.07) is 28.5. The molecule has 0 saturated carbocycles. The van der Waals surface area contributed by atoms with E-state index in [1.54, 1.807) is 37.4 Å². The van der Waals surface area contributed by atoms with Crippen LogP contribution in [0.5, 0.6) is 11.5 Å². The molecule has 0 radical (unpaired) electrons. The van der Waals surface area contributed by atoms with Gasteiger partial charge >= 0.3 is 6.03 Å². The third-order valence-corrected chi connectivity index (χ3v) is 9.43. The number of piperidine rings is 1. The predicted molar refractivity (Wildman–Crippen MR) is 202 cm³/mol. The van der Waals surface area contributed by atoms with Gasteiger partial charge in [-0.05, 0) is 104 Å². The number of para-hydroxylation sites is 1. The number of nitrogens with zero attached hydrogens (tertiary/aromatic N) is 2. The van der Waals surface area contributed by atoms with Crippen molar-refractivity contribution in [2.24, 2.45) is 0 Å². The van der Waals surface area contributed by atoms with Crippen molar-refractivity contribution in [3.05, 3.63) is 114 Å². The lowest BCUT2D eigenvalue weighted by molar-refractivity contribution is 0.0794. The Morgan fingerprint density at radius 1 is 0.863 bits per heavy atom. The SMILES string of the molecule is CCC(CC)NC(=O)Nc1ccc(Oc2ccc(NC(=O)c3ccc(-n4cc(CN5CCC(O)CC5)c5ccccc54)cc3)cc2COC)cc1. The maximum atomic E-state index is 13.3. The molecule has 1 fully saturated rings. The molecule has 1 aromatic heterocycles. The van der Waals surface area contributed by atoms with Crippen LogP contribution in [0.4, 0.5) is 16.2 Å². The second-order valence-electron chi connectivity index (χ2n) is 13.0. The summed E-state index contributed by atoms with van der Waals surface area (Å²) >= 11 is 0. The first-order chi connectivity index (χ1) is 24.8. The number of aliphatic hydroxyl groups is 1. The number of urea groups is 1. The number of carbonyl (C=O) groups excluding carboxylic acids is 2. The van der Waals surface area contributed by atoms with Gasteiger partial charge in [0.05, 0.1) is 18.2 Å². The topological polar surface area (TPSA) is 117 Å². The number of rotatable bonds is 13. The number of ether oxygens (including phenoxy) is 2. The van der Waals surface area contributed by atoms with Crippen LogP contribution in [0.3, 0.4) is 0 Å². The van der Waals surface area contributed by atoms with Crippen molar-refractivity contribution in [3.63, 3.8) is 0 Å². The van der Waals surface area contributed by atoms with E-state index in [9.17, 15) is 14.7 Å². The summed E-state index contributed by atoms with van der Waals surface area (Å²) in [6.07, 6.45) is 5.35. The van der Waals surface area contributed by atoms with E-state index in [1.165, 1.54) is 10.9 Å². The zero-order chi connectivity index (χ0) is 35.7. The largest absolute Gasteiger partial charge is 0.457 e. The van der Waals surface area contributed by atoms with Crippen molar-refractivity contribution < 1.29 is 24.2 Å². The normalized spacial score (nSPS) is 13.7. The summed E-state index contributed by atoms with van der Waals surface area (Å²) in [5.41, 5.74) is 5.93. The number of fused-ring (bicyclic) bond motifs is 1. The van der Waals surface area contributed by atoms with E-state index >= 15 is 0 Å². The minimum absolute atomic E-state index is 0.137. The van der Waals surface area contributed by atoms with Crippen LogP contribution in [0.15, 0.2) is 97.2 Å². The lowest BCUT2D eigenvalue weighted by Crippen LogP contribution is -2.37. The molecule has 0 unspecified atom stereocenters. The highest BCUT2D eigenvalue weighted by Crippen LogP contribution is 2.31. The lowest BCUT2D eigenvalue weighted by Gasteiger charge is -2.29. The van der Waals surface area contributed by atoms with Crippen molar-refractivity contribution in [3.8, 4) is 17.2 Å². The molecule has 6 rings (SSSR count). The fraction of sp³-hybridized carbons (Fsp3) is 0.317. The molecular weight excluding hydrogens is 642 g/mol. The Morgan fingerprint density at radius 2 is 1.57 bits per heavy atom. The zero-order valence-electron chi connectivity index (χ0n) is 29.5. The van der Waals surface area contributed by atoms with E-state index in [1.807, 2.05) is 56.3 Å². The Hall–Kier alpha value is -5.16. The molecule has 0 aliphatic carbocycles.